The molecule has 3 rings (SSSR count). The molecule has 0 bridgehead atoms. The minimum atomic E-state index is -1.02. The third-order valence-corrected chi connectivity index (χ3v) is 3.89. The Morgan fingerprint density at radius 2 is 1.71 bits per heavy atom. The molecule has 4 nitrogen and oxygen atoms in total. The second-order valence-corrected chi connectivity index (χ2v) is 5.40. The average Bonchev–Trinajstić information content (AvgIpc) is 2.81. The highest BCUT2D eigenvalue weighted by Gasteiger charge is 2.44. The van der Waals surface area contributed by atoms with Crippen LogP contribution < -0.4 is 4.90 Å². The van der Waals surface area contributed by atoms with Crippen LogP contribution in [0, 0.1) is 11.6 Å². The van der Waals surface area contributed by atoms with E-state index in [1.165, 1.54) is 55.5 Å². The number of halogens is 2. The Bertz CT molecular complexity index is 859. The number of carbonyl (C=O) groups is 2. The Labute approximate surface area is 136 Å². The van der Waals surface area contributed by atoms with Crippen LogP contribution in [0.2, 0.25) is 0 Å². The molecule has 24 heavy (non-hydrogen) atoms. The highest BCUT2D eigenvalue weighted by Crippen LogP contribution is 2.41. The smallest absolute Gasteiger partial charge is 0.294 e. The molecule has 0 fully saturated rings. The molecule has 0 aliphatic carbocycles. The number of benzene rings is 2. The first-order valence-electron chi connectivity index (χ1n) is 7.19. The van der Waals surface area contributed by atoms with E-state index in [0.717, 1.165) is 4.90 Å². The Balaban J connectivity index is 2.21. The molecular weight excluding hydrogens is 316 g/mol. The number of para-hydroxylation sites is 1. The number of rotatable bonds is 3. The molecule has 0 radical (unpaired) electrons. The van der Waals surface area contributed by atoms with Gasteiger partial charge in [-0.1, -0.05) is 24.3 Å². The summed E-state index contributed by atoms with van der Waals surface area (Å²) in [6.45, 7) is 1.21. The Morgan fingerprint density at radius 3 is 2.29 bits per heavy atom. The highest BCUT2D eigenvalue weighted by atomic mass is 19.1. The van der Waals surface area contributed by atoms with Crippen molar-refractivity contribution in [3.05, 3.63) is 77.1 Å². The monoisotopic (exact) mass is 329 g/mol. The molecule has 6 heteroatoms. The molecule has 1 aliphatic heterocycles. The van der Waals surface area contributed by atoms with Gasteiger partial charge in [-0.25, -0.2) is 8.78 Å². The van der Waals surface area contributed by atoms with Crippen molar-refractivity contribution < 1.29 is 23.5 Å². The van der Waals surface area contributed by atoms with Gasteiger partial charge < -0.3 is 5.11 Å². The van der Waals surface area contributed by atoms with Crippen LogP contribution in [0.5, 0.6) is 0 Å². The van der Waals surface area contributed by atoms with Crippen molar-refractivity contribution >= 4 is 17.4 Å². The Morgan fingerprint density at radius 1 is 1.08 bits per heavy atom. The number of carbonyl (C=O) groups excluding carboxylic acids is 2. The van der Waals surface area contributed by atoms with Gasteiger partial charge in [-0.15, -0.1) is 0 Å². The lowest BCUT2D eigenvalue weighted by atomic mass is 9.96. The summed E-state index contributed by atoms with van der Waals surface area (Å²) in [6, 6.07) is 9.66. The third-order valence-electron chi connectivity index (χ3n) is 3.89. The normalized spacial score (nSPS) is 17.5. The fourth-order valence-corrected chi connectivity index (χ4v) is 2.82. The van der Waals surface area contributed by atoms with Gasteiger partial charge in [0.25, 0.3) is 5.91 Å². The fourth-order valence-electron chi connectivity index (χ4n) is 2.82. The maximum absolute atomic E-state index is 14.2. The Kier molecular flexibility index (Phi) is 3.89. The maximum atomic E-state index is 14.2. The summed E-state index contributed by atoms with van der Waals surface area (Å²) in [6.07, 6.45) is 0. The first-order chi connectivity index (χ1) is 11.4. The van der Waals surface area contributed by atoms with Gasteiger partial charge in [-0.05, 0) is 36.8 Å². The molecule has 0 saturated heterocycles. The van der Waals surface area contributed by atoms with Gasteiger partial charge in [0.2, 0.25) is 0 Å². The van der Waals surface area contributed by atoms with Gasteiger partial charge in [0.1, 0.15) is 11.6 Å². The number of hydrogen-bond donors (Lipinski definition) is 1. The van der Waals surface area contributed by atoms with Crippen LogP contribution in [0.4, 0.5) is 14.5 Å². The summed E-state index contributed by atoms with van der Waals surface area (Å²) in [5.41, 5.74) is 0.178. The maximum Gasteiger partial charge on any atom is 0.294 e. The molecule has 1 aliphatic rings. The molecule has 0 spiro atoms. The lowest BCUT2D eigenvalue weighted by Gasteiger charge is -2.27. The molecule has 0 aromatic heterocycles. The van der Waals surface area contributed by atoms with E-state index in [9.17, 15) is 23.5 Å². The van der Waals surface area contributed by atoms with Crippen LogP contribution in [-0.2, 0) is 9.59 Å². The zero-order chi connectivity index (χ0) is 17.4. The quantitative estimate of drug-likeness (QED) is 0.938. The van der Waals surface area contributed by atoms with Gasteiger partial charge >= 0.3 is 0 Å². The second-order valence-electron chi connectivity index (χ2n) is 5.40. The van der Waals surface area contributed by atoms with Gasteiger partial charge in [0.15, 0.2) is 11.5 Å². The second kappa shape index (κ2) is 5.88. The zero-order valence-electron chi connectivity index (χ0n) is 12.7. The van der Waals surface area contributed by atoms with Crippen LogP contribution >= 0.6 is 0 Å². The van der Waals surface area contributed by atoms with Crippen LogP contribution in [0.15, 0.2) is 59.9 Å². The first kappa shape index (κ1) is 15.9. The standard InChI is InChI=1S/C18H13F2NO3/c1-10(22)15-16(11-6-8-12(19)9-7-11)21(18(24)17(15)23)14-5-3-2-4-13(14)20/h2-9,16,23H,1H3. The topological polar surface area (TPSA) is 57.6 Å². The third kappa shape index (κ3) is 2.46. The first-order valence-corrected chi connectivity index (χ1v) is 7.19. The van der Waals surface area contributed by atoms with Gasteiger partial charge in [-0.3, -0.25) is 14.5 Å². The number of aliphatic hydroxyl groups is 1. The van der Waals surface area contributed by atoms with E-state index in [2.05, 4.69) is 0 Å². The van der Waals surface area contributed by atoms with Crippen molar-refractivity contribution in [1.82, 2.24) is 0 Å². The molecule has 1 unspecified atom stereocenters. The van der Waals surface area contributed by atoms with E-state index in [-0.39, 0.29) is 11.3 Å². The van der Waals surface area contributed by atoms with E-state index in [0.29, 0.717) is 5.56 Å². The van der Waals surface area contributed by atoms with E-state index in [1.807, 2.05) is 0 Å². The van der Waals surface area contributed by atoms with Crippen molar-refractivity contribution in [1.29, 1.82) is 0 Å². The Hall–Kier alpha value is -3.02. The van der Waals surface area contributed by atoms with Crippen molar-refractivity contribution in [2.24, 2.45) is 0 Å². The fraction of sp³-hybridized carbons (Fsp3) is 0.111. The molecule has 1 amide bonds. The van der Waals surface area contributed by atoms with Crippen molar-refractivity contribution in [3.63, 3.8) is 0 Å². The van der Waals surface area contributed by atoms with Crippen LogP contribution in [0.25, 0.3) is 0 Å². The van der Waals surface area contributed by atoms with Gasteiger partial charge in [-0.2, -0.15) is 0 Å². The zero-order valence-corrected chi connectivity index (χ0v) is 12.7. The number of nitrogens with zero attached hydrogens (tertiary/aromatic N) is 1. The molecule has 1 heterocycles. The lowest BCUT2D eigenvalue weighted by molar-refractivity contribution is -0.117. The van der Waals surface area contributed by atoms with Crippen molar-refractivity contribution in [2.45, 2.75) is 13.0 Å². The molecule has 2 aromatic rings. The molecule has 0 saturated carbocycles. The molecular formula is C18H13F2NO3. The molecule has 1 N–H and O–H groups in total. The van der Waals surface area contributed by atoms with Crippen molar-refractivity contribution in [2.75, 3.05) is 4.90 Å². The largest absolute Gasteiger partial charge is 0.503 e. The molecule has 2 aromatic carbocycles. The summed E-state index contributed by atoms with van der Waals surface area (Å²) in [5.74, 6) is -3.28. The van der Waals surface area contributed by atoms with Crippen molar-refractivity contribution in [3.8, 4) is 0 Å². The predicted octanol–water partition coefficient (Wildman–Crippen LogP) is 3.45. The van der Waals surface area contributed by atoms with E-state index < -0.39 is 35.1 Å². The molecule has 122 valence electrons. The summed E-state index contributed by atoms with van der Waals surface area (Å²) >= 11 is 0. The minimum Gasteiger partial charge on any atom is -0.503 e. The van der Waals surface area contributed by atoms with E-state index >= 15 is 0 Å². The lowest BCUT2D eigenvalue weighted by Crippen LogP contribution is -2.31. The van der Waals surface area contributed by atoms with Gasteiger partial charge in [0, 0.05) is 0 Å². The number of hydrogen-bond acceptors (Lipinski definition) is 3. The average molecular weight is 329 g/mol. The number of anilines is 1. The summed E-state index contributed by atoms with van der Waals surface area (Å²) in [5, 5.41) is 10.1. The van der Waals surface area contributed by atoms with E-state index in [1.54, 1.807) is 0 Å². The van der Waals surface area contributed by atoms with Gasteiger partial charge in [0.05, 0.1) is 17.3 Å². The molecule has 1 atom stereocenters. The SMILES string of the molecule is CC(=O)C1=C(O)C(=O)N(c2ccccc2F)C1c1ccc(F)cc1. The van der Waals surface area contributed by atoms with Crippen LogP contribution in [-0.4, -0.2) is 16.8 Å². The predicted molar refractivity (Wildman–Crippen MR) is 83.4 cm³/mol. The van der Waals surface area contributed by atoms with E-state index in [4.69, 9.17) is 0 Å². The highest BCUT2D eigenvalue weighted by molar-refractivity contribution is 6.16. The summed E-state index contributed by atoms with van der Waals surface area (Å²) in [7, 11) is 0. The number of Topliss-reactive ketones (excluding diaryl/α,β-unsaturated/α-hetero) is 1. The number of amides is 1. The number of ketones is 1. The van der Waals surface area contributed by atoms with Crippen LogP contribution in [0.3, 0.4) is 0 Å². The number of aliphatic hydroxyl groups excluding tert-OH is 1. The summed E-state index contributed by atoms with van der Waals surface area (Å²) < 4.78 is 27.4. The van der Waals surface area contributed by atoms with Crippen LogP contribution in [0.1, 0.15) is 18.5 Å². The minimum absolute atomic E-state index is 0.0698. The summed E-state index contributed by atoms with van der Waals surface area (Å²) in [4.78, 5) is 25.4.